The summed E-state index contributed by atoms with van der Waals surface area (Å²) < 4.78 is 0. The van der Waals surface area contributed by atoms with E-state index in [-0.39, 0.29) is 17.5 Å². The molecular formula is C15H20O2. The van der Waals surface area contributed by atoms with Crippen molar-refractivity contribution in [3.63, 3.8) is 0 Å². The van der Waals surface area contributed by atoms with E-state index < -0.39 is 0 Å². The van der Waals surface area contributed by atoms with Crippen LogP contribution in [-0.4, -0.2) is 11.6 Å². The van der Waals surface area contributed by atoms with Gasteiger partial charge in [0, 0.05) is 11.1 Å². The quantitative estimate of drug-likeness (QED) is 0.550. The third-order valence-electron chi connectivity index (χ3n) is 2.99. The highest BCUT2D eigenvalue weighted by molar-refractivity contribution is 6.19. The van der Waals surface area contributed by atoms with Gasteiger partial charge in [0.05, 0.1) is 0 Å². The Morgan fingerprint density at radius 1 is 1.24 bits per heavy atom. The van der Waals surface area contributed by atoms with Gasteiger partial charge in [-0.25, -0.2) is 0 Å². The average molecular weight is 232 g/mol. The van der Waals surface area contributed by atoms with Crippen molar-refractivity contribution in [3.05, 3.63) is 34.9 Å². The molecule has 2 nitrogen and oxygen atoms in total. The minimum atomic E-state index is -0.0336. The topological polar surface area (TPSA) is 34.1 Å². The highest BCUT2D eigenvalue weighted by atomic mass is 16.1. The van der Waals surface area contributed by atoms with Crippen molar-refractivity contribution in [1.29, 1.82) is 0 Å². The molecule has 0 N–H and O–H groups in total. The smallest absolute Gasteiger partial charge is 0.182 e. The number of rotatable bonds is 4. The van der Waals surface area contributed by atoms with Crippen LogP contribution in [0, 0.1) is 5.92 Å². The fourth-order valence-corrected chi connectivity index (χ4v) is 1.84. The second kappa shape index (κ2) is 5.76. The van der Waals surface area contributed by atoms with Crippen LogP contribution in [0.3, 0.4) is 0 Å². The third-order valence-corrected chi connectivity index (χ3v) is 2.99. The lowest BCUT2D eigenvalue weighted by Gasteiger charge is -2.16. The van der Waals surface area contributed by atoms with Crippen LogP contribution in [0.25, 0.3) is 0 Å². The molecule has 17 heavy (non-hydrogen) atoms. The molecule has 0 bridgehead atoms. The Balaban J connectivity index is 2.67. The number of hydrogen-bond acceptors (Lipinski definition) is 2. The highest BCUT2D eigenvalue weighted by Crippen LogP contribution is 2.22. The summed E-state index contributed by atoms with van der Waals surface area (Å²) in [6, 6.07) is 0. The first-order valence-electron chi connectivity index (χ1n) is 6.03. The molecule has 0 unspecified atom stereocenters. The molecule has 0 aromatic heterocycles. The molecule has 1 rings (SSSR count). The van der Waals surface area contributed by atoms with Gasteiger partial charge in [0.25, 0.3) is 0 Å². The Labute approximate surface area is 103 Å². The fourth-order valence-electron chi connectivity index (χ4n) is 1.84. The highest BCUT2D eigenvalue weighted by Gasteiger charge is 2.21. The van der Waals surface area contributed by atoms with Crippen LogP contribution in [0.5, 0.6) is 0 Å². The van der Waals surface area contributed by atoms with Crippen LogP contribution in [0.15, 0.2) is 34.9 Å². The predicted molar refractivity (Wildman–Crippen MR) is 69.7 cm³/mol. The summed E-state index contributed by atoms with van der Waals surface area (Å²) in [5.41, 5.74) is 2.48. The number of carbonyl (C=O) groups excluding carboxylic acids is 2. The van der Waals surface area contributed by atoms with Gasteiger partial charge in [-0.3, -0.25) is 9.59 Å². The van der Waals surface area contributed by atoms with Crippen molar-refractivity contribution in [2.75, 3.05) is 0 Å². The van der Waals surface area contributed by atoms with E-state index in [4.69, 9.17) is 0 Å². The molecule has 1 atom stereocenters. The Hall–Kier alpha value is -1.44. The second-order valence-corrected chi connectivity index (χ2v) is 4.92. The lowest BCUT2D eigenvalue weighted by Crippen LogP contribution is -2.16. The Morgan fingerprint density at radius 3 is 2.47 bits per heavy atom. The SMILES string of the molecule is CC(C)=CCC[C@H](C)C1=CC(=O)C(C)=CC1=O. The molecule has 0 aromatic rings. The normalized spacial score (nSPS) is 17.4. The van der Waals surface area contributed by atoms with Crippen LogP contribution in [0.4, 0.5) is 0 Å². The largest absolute Gasteiger partial charge is 0.290 e. The van der Waals surface area contributed by atoms with Crippen molar-refractivity contribution in [2.45, 2.75) is 40.5 Å². The lowest BCUT2D eigenvalue weighted by atomic mass is 9.87. The molecule has 0 spiro atoms. The summed E-state index contributed by atoms with van der Waals surface area (Å²) in [6.45, 7) is 7.81. The maximum absolute atomic E-state index is 11.8. The molecule has 0 aliphatic heterocycles. The van der Waals surface area contributed by atoms with Gasteiger partial charge in [-0.1, -0.05) is 18.6 Å². The van der Waals surface area contributed by atoms with E-state index in [1.54, 1.807) is 6.92 Å². The molecule has 0 amide bonds. The van der Waals surface area contributed by atoms with E-state index in [9.17, 15) is 9.59 Å². The lowest BCUT2D eigenvalue weighted by molar-refractivity contribution is -0.115. The molecule has 92 valence electrons. The number of ketones is 2. The molecular weight excluding hydrogens is 212 g/mol. The van der Waals surface area contributed by atoms with E-state index in [0.717, 1.165) is 12.8 Å². The van der Waals surface area contributed by atoms with Gasteiger partial charge in [0.1, 0.15) is 0 Å². The zero-order chi connectivity index (χ0) is 13.0. The van der Waals surface area contributed by atoms with E-state index in [0.29, 0.717) is 11.1 Å². The minimum absolute atomic E-state index is 0.00759. The number of allylic oxidation sites excluding steroid dienone is 6. The average Bonchev–Trinajstić information content (AvgIpc) is 2.22. The van der Waals surface area contributed by atoms with Crippen molar-refractivity contribution >= 4 is 11.6 Å². The molecule has 2 heteroatoms. The molecule has 0 aromatic carbocycles. The van der Waals surface area contributed by atoms with Crippen molar-refractivity contribution in [1.82, 2.24) is 0 Å². The Morgan fingerprint density at radius 2 is 1.88 bits per heavy atom. The van der Waals surface area contributed by atoms with Crippen LogP contribution in [0.1, 0.15) is 40.5 Å². The summed E-state index contributed by atoms with van der Waals surface area (Å²) in [5.74, 6) is 0.104. The second-order valence-electron chi connectivity index (χ2n) is 4.92. The summed E-state index contributed by atoms with van der Waals surface area (Å²) in [5, 5.41) is 0. The summed E-state index contributed by atoms with van der Waals surface area (Å²) in [7, 11) is 0. The van der Waals surface area contributed by atoms with Gasteiger partial charge in [-0.15, -0.1) is 0 Å². The number of carbonyl (C=O) groups is 2. The molecule has 0 radical (unpaired) electrons. The van der Waals surface area contributed by atoms with E-state index in [1.807, 2.05) is 6.92 Å². The zero-order valence-corrected chi connectivity index (χ0v) is 11.0. The maximum atomic E-state index is 11.8. The van der Waals surface area contributed by atoms with Crippen LogP contribution < -0.4 is 0 Å². The van der Waals surface area contributed by atoms with Gasteiger partial charge < -0.3 is 0 Å². The van der Waals surface area contributed by atoms with Gasteiger partial charge in [0.15, 0.2) is 11.6 Å². The van der Waals surface area contributed by atoms with E-state index in [1.165, 1.54) is 17.7 Å². The predicted octanol–water partition coefficient (Wildman–Crippen LogP) is 3.39. The molecule has 1 aliphatic carbocycles. The molecule has 0 saturated heterocycles. The minimum Gasteiger partial charge on any atom is -0.290 e. The van der Waals surface area contributed by atoms with Crippen molar-refractivity contribution < 1.29 is 9.59 Å². The summed E-state index contributed by atoms with van der Waals surface area (Å²) >= 11 is 0. The van der Waals surface area contributed by atoms with Gasteiger partial charge in [0.2, 0.25) is 0 Å². The van der Waals surface area contributed by atoms with Crippen LogP contribution >= 0.6 is 0 Å². The zero-order valence-electron chi connectivity index (χ0n) is 11.0. The van der Waals surface area contributed by atoms with Crippen LogP contribution in [-0.2, 0) is 9.59 Å². The third kappa shape index (κ3) is 3.81. The molecule has 1 aliphatic rings. The molecule has 0 saturated carbocycles. The van der Waals surface area contributed by atoms with Gasteiger partial charge in [-0.2, -0.15) is 0 Å². The van der Waals surface area contributed by atoms with Crippen LogP contribution in [0.2, 0.25) is 0 Å². The molecule has 0 fully saturated rings. The van der Waals surface area contributed by atoms with Crippen molar-refractivity contribution in [2.24, 2.45) is 5.92 Å². The van der Waals surface area contributed by atoms with Gasteiger partial charge >= 0.3 is 0 Å². The van der Waals surface area contributed by atoms with E-state index >= 15 is 0 Å². The maximum Gasteiger partial charge on any atom is 0.182 e. The molecule has 0 heterocycles. The first-order chi connectivity index (χ1) is 7.91. The fraction of sp³-hybridized carbons (Fsp3) is 0.467. The Bertz CT molecular complexity index is 418. The monoisotopic (exact) mass is 232 g/mol. The van der Waals surface area contributed by atoms with Gasteiger partial charge in [-0.05, 0) is 51.7 Å². The van der Waals surface area contributed by atoms with E-state index in [2.05, 4.69) is 19.9 Å². The first kappa shape index (κ1) is 13.6. The standard InChI is InChI=1S/C15H20O2/c1-10(2)6-5-7-11(3)13-9-14(16)12(4)8-15(13)17/h6,8-9,11H,5,7H2,1-4H3/t11-/m0/s1. The number of hydrogen-bond donors (Lipinski definition) is 0. The summed E-state index contributed by atoms with van der Waals surface area (Å²) in [6.07, 6.45) is 6.97. The Kier molecular flexibility index (Phi) is 4.62. The van der Waals surface area contributed by atoms with Crippen molar-refractivity contribution in [3.8, 4) is 0 Å². The first-order valence-corrected chi connectivity index (χ1v) is 6.03. The summed E-state index contributed by atoms with van der Waals surface area (Å²) in [4.78, 5) is 23.3.